The number of carboxylic acids is 1. The van der Waals surface area contributed by atoms with Crippen molar-refractivity contribution < 1.29 is 9.90 Å². The van der Waals surface area contributed by atoms with E-state index in [0.717, 1.165) is 19.4 Å². The monoisotopic (exact) mass is 341 g/mol. The van der Waals surface area contributed by atoms with Crippen molar-refractivity contribution in [1.82, 2.24) is 0 Å². The summed E-state index contributed by atoms with van der Waals surface area (Å²) >= 11 is 0. The van der Waals surface area contributed by atoms with Crippen molar-refractivity contribution in [2.45, 2.75) is 64.2 Å². The van der Waals surface area contributed by atoms with Crippen LogP contribution in [-0.4, -0.2) is 17.6 Å². The molecule has 0 aliphatic rings. The summed E-state index contributed by atoms with van der Waals surface area (Å²) in [5, 5.41) is 14.7. The molecule has 136 valence electrons. The molecule has 3 heteroatoms. The number of carboxylic acid groups (broad SMARTS) is 1. The molecule has 0 amide bonds. The Hall–Kier alpha value is -2.03. The number of benzene rings is 2. The highest BCUT2D eigenvalue weighted by Crippen LogP contribution is 2.23. The number of fused-ring (bicyclic) bond motifs is 1. The molecule has 25 heavy (non-hydrogen) atoms. The second-order valence-electron chi connectivity index (χ2n) is 6.78. The predicted octanol–water partition coefficient (Wildman–Crippen LogP) is 6.24. The first kappa shape index (κ1) is 19.3. The lowest BCUT2D eigenvalue weighted by atomic mass is 10.1. The second-order valence-corrected chi connectivity index (χ2v) is 6.78. The molecular weight excluding hydrogens is 310 g/mol. The summed E-state index contributed by atoms with van der Waals surface area (Å²) in [5.74, 6) is -0.669. The molecule has 2 N–H and O–H groups in total. The number of rotatable bonds is 13. The fourth-order valence-electron chi connectivity index (χ4n) is 3.24. The van der Waals surface area contributed by atoms with Crippen LogP contribution in [0.1, 0.15) is 64.2 Å². The maximum Gasteiger partial charge on any atom is 0.303 e. The minimum Gasteiger partial charge on any atom is -0.481 e. The summed E-state index contributed by atoms with van der Waals surface area (Å²) in [7, 11) is 0. The molecule has 0 saturated carbocycles. The molecule has 0 heterocycles. The van der Waals surface area contributed by atoms with E-state index < -0.39 is 5.97 Å². The molecule has 0 saturated heterocycles. The number of anilines is 1. The molecule has 3 nitrogen and oxygen atoms in total. The van der Waals surface area contributed by atoms with Gasteiger partial charge < -0.3 is 10.4 Å². The normalized spacial score (nSPS) is 10.9. The highest BCUT2D eigenvalue weighted by Gasteiger charge is 1.99. The number of carbonyl (C=O) groups is 1. The van der Waals surface area contributed by atoms with Crippen LogP contribution in [0.5, 0.6) is 0 Å². The van der Waals surface area contributed by atoms with Gasteiger partial charge in [-0.05, 0) is 24.3 Å². The van der Waals surface area contributed by atoms with E-state index in [0.29, 0.717) is 6.42 Å². The third-order valence-corrected chi connectivity index (χ3v) is 4.67. The summed E-state index contributed by atoms with van der Waals surface area (Å²) < 4.78 is 0. The van der Waals surface area contributed by atoms with Crippen LogP contribution in [0.3, 0.4) is 0 Å². The van der Waals surface area contributed by atoms with Crippen LogP contribution in [0.2, 0.25) is 0 Å². The Morgan fingerprint density at radius 3 is 2.08 bits per heavy atom. The van der Waals surface area contributed by atoms with Gasteiger partial charge in [0.25, 0.3) is 0 Å². The van der Waals surface area contributed by atoms with Crippen LogP contribution < -0.4 is 5.32 Å². The average Bonchev–Trinajstić information content (AvgIpc) is 2.62. The van der Waals surface area contributed by atoms with Gasteiger partial charge in [0.15, 0.2) is 0 Å². The molecule has 0 aliphatic carbocycles. The van der Waals surface area contributed by atoms with E-state index in [1.807, 2.05) is 0 Å². The SMILES string of the molecule is O=C(O)CCCCCCCCCCCNc1cccc2ccccc12. The van der Waals surface area contributed by atoms with E-state index in [1.165, 1.54) is 61.4 Å². The van der Waals surface area contributed by atoms with Crippen molar-refractivity contribution in [2.24, 2.45) is 0 Å². The first-order valence-electron chi connectivity index (χ1n) is 9.71. The molecule has 0 spiro atoms. The summed E-state index contributed by atoms with van der Waals surface area (Å²) in [6.07, 6.45) is 11.0. The highest BCUT2D eigenvalue weighted by atomic mass is 16.4. The summed E-state index contributed by atoms with van der Waals surface area (Å²) in [5.41, 5.74) is 1.24. The van der Waals surface area contributed by atoms with Gasteiger partial charge in [-0.3, -0.25) is 4.79 Å². The van der Waals surface area contributed by atoms with Crippen LogP contribution in [0.25, 0.3) is 10.8 Å². The lowest BCUT2D eigenvalue weighted by Gasteiger charge is -2.09. The van der Waals surface area contributed by atoms with Crippen LogP contribution >= 0.6 is 0 Å². The van der Waals surface area contributed by atoms with Crippen LogP contribution in [0.4, 0.5) is 5.69 Å². The zero-order valence-electron chi connectivity index (χ0n) is 15.2. The van der Waals surface area contributed by atoms with Gasteiger partial charge in [0.2, 0.25) is 0 Å². The quantitative estimate of drug-likeness (QED) is 0.424. The molecule has 2 rings (SSSR count). The summed E-state index contributed by atoms with van der Waals surface area (Å²) in [4.78, 5) is 10.4. The Morgan fingerprint density at radius 2 is 1.36 bits per heavy atom. The standard InChI is InChI=1S/C22H31NO2/c24-22(25)17-8-6-4-2-1-3-5-7-11-18-23-21-16-12-14-19-13-9-10-15-20(19)21/h9-10,12-16,23H,1-8,11,17-18H2,(H,24,25). The smallest absolute Gasteiger partial charge is 0.303 e. The molecule has 0 radical (unpaired) electrons. The minimum absolute atomic E-state index is 0.323. The van der Waals surface area contributed by atoms with Crippen molar-refractivity contribution in [3.8, 4) is 0 Å². The van der Waals surface area contributed by atoms with Gasteiger partial charge in [-0.15, -0.1) is 0 Å². The number of hydrogen-bond acceptors (Lipinski definition) is 2. The molecule has 0 bridgehead atoms. The highest BCUT2D eigenvalue weighted by molar-refractivity contribution is 5.93. The lowest BCUT2D eigenvalue weighted by molar-refractivity contribution is -0.137. The Morgan fingerprint density at radius 1 is 0.760 bits per heavy atom. The third kappa shape index (κ3) is 7.59. The van der Waals surface area contributed by atoms with E-state index in [2.05, 4.69) is 47.8 Å². The van der Waals surface area contributed by atoms with Crippen molar-refractivity contribution in [3.05, 3.63) is 42.5 Å². The fraction of sp³-hybridized carbons (Fsp3) is 0.500. The molecular formula is C22H31NO2. The summed E-state index contributed by atoms with van der Waals surface area (Å²) in [6.45, 7) is 1.03. The zero-order chi connectivity index (χ0) is 17.7. The zero-order valence-corrected chi connectivity index (χ0v) is 15.2. The van der Waals surface area contributed by atoms with Gasteiger partial charge in [0, 0.05) is 24.0 Å². The van der Waals surface area contributed by atoms with E-state index in [9.17, 15) is 4.79 Å². The third-order valence-electron chi connectivity index (χ3n) is 4.67. The molecule has 0 aromatic heterocycles. The van der Waals surface area contributed by atoms with Gasteiger partial charge in [0.05, 0.1) is 0 Å². The molecule has 2 aromatic carbocycles. The van der Waals surface area contributed by atoms with E-state index in [4.69, 9.17) is 5.11 Å². The van der Waals surface area contributed by atoms with Gasteiger partial charge >= 0.3 is 5.97 Å². The van der Waals surface area contributed by atoms with Crippen molar-refractivity contribution in [2.75, 3.05) is 11.9 Å². The van der Waals surface area contributed by atoms with Gasteiger partial charge in [0.1, 0.15) is 0 Å². The molecule has 2 aromatic rings. The van der Waals surface area contributed by atoms with E-state index in [1.54, 1.807) is 0 Å². The van der Waals surface area contributed by atoms with Crippen molar-refractivity contribution in [1.29, 1.82) is 0 Å². The average molecular weight is 341 g/mol. The van der Waals surface area contributed by atoms with Gasteiger partial charge in [-0.2, -0.15) is 0 Å². The topological polar surface area (TPSA) is 49.3 Å². The second kappa shape index (κ2) is 11.5. The number of hydrogen-bond donors (Lipinski definition) is 2. The van der Waals surface area contributed by atoms with Gasteiger partial charge in [-0.1, -0.05) is 81.3 Å². The van der Waals surface area contributed by atoms with E-state index >= 15 is 0 Å². The fourth-order valence-corrected chi connectivity index (χ4v) is 3.24. The largest absolute Gasteiger partial charge is 0.481 e. The van der Waals surface area contributed by atoms with Crippen molar-refractivity contribution in [3.63, 3.8) is 0 Å². The van der Waals surface area contributed by atoms with Crippen molar-refractivity contribution >= 4 is 22.4 Å². The maximum absolute atomic E-state index is 10.4. The number of aliphatic carboxylic acids is 1. The Kier molecular flexibility index (Phi) is 8.89. The van der Waals surface area contributed by atoms with Crippen LogP contribution in [0, 0.1) is 0 Å². The summed E-state index contributed by atoms with van der Waals surface area (Å²) in [6, 6.07) is 14.9. The Bertz CT molecular complexity index is 633. The number of nitrogens with one attached hydrogen (secondary N) is 1. The number of unbranched alkanes of at least 4 members (excludes halogenated alkanes) is 8. The molecule has 0 atom stereocenters. The van der Waals surface area contributed by atoms with Crippen LogP contribution in [0.15, 0.2) is 42.5 Å². The van der Waals surface area contributed by atoms with E-state index in [-0.39, 0.29) is 0 Å². The first-order valence-corrected chi connectivity index (χ1v) is 9.71. The first-order chi connectivity index (χ1) is 12.3. The van der Waals surface area contributed by atoms with Crippen LogP contribution in [-0.2, 0) is 4.79 Å². The lowest BCUT2D eigenvalue weighted by Crippen LogP contribution is -2.01. The Labute approximate surface area is 151 Å². The predicted molar refractivity (Wildman–Crippen MR) is 106 cm³/mol. The minimum atomic E-state index is -0.669. The molecule has 0 fully saturated rings. The maximum atomic E-state index is 10.4. The molecule has 0 unspecified atom stereocenters. The van der Waals surface area contributed by atoms with Gasteiger partial charge in [-0.25, -0.2) is 0 Å². The Balaban J connectivity index is 1.48. The molecule has 0 aliphatic heterocycles.